The predicted molar refractivity (Wildman–Crippen MR) is 136 cm³/mol. The number of benzene rings is 2. The number of aromatic nitrogens is 1. The number of ether oxygens (including phenoxy) is 1. The molecule has 40 heavy (non-hydrogen) atoms. The van der Waals surface area contributed by atoms with Gasteiger partial charge in [0.05, 0.1) is 22.5 Å². The zero-order valence-electron chi connectivity index (χ0n) is 20.4. The summed E-state index contributed by atoms with van der Waals surface area (Å²) in [6.45, 7) is 0.615. The van der Waals surface area contributed by atoms with Gasteiger partial charge >= 0.3 is 6.36 Å². The number of nitrogens with two attached hydrogens (primary N) is 1. The number of likely N-dealkylation sites (tertiary alicyclic amines) is 1. The molecule has 2 heterocycles. The van der Waals surface area contributed by atoms with Gasteiger partial charge in [0.2, 0.25) is 0 Å². The van der Waals surface area contributed by atoms with E-state index in [-0.39, 0.29) is 34.2 Å². The fraction of sp³-hybridized carbons (Fsp3) is 0.240. The van der Waals surface area contributed by atoms with E-state index in [0.29, 0.717) is 25.9 Å². The van der Waals surface area contributed by atoms with Gasteiger partial charge in [-0.3, -0.25) is 4.79 Å². The number of hydrogen-bond acceptors (Lipinski definition) is 7. The van der Waals surface area contributed by atoms with E-state index >= 15 is 0 Å². The molecule has 1 fully saturated rings. The van der Waals surface area contributed by atoms with Crippen molar-refractivity contribution < 1.29 is 35.5 Å². The summed E-state index contributed by atoms with van der Waals surface area (Å²) in [6, 6.07) is 10.6. The number of primary sulfonamides is 1. The van der Waals surface area contributed by atoms with Crippen LogP contribution >= 0.6 is 11.6 Å². The van der Waals surface area contributed by atoms with Crippen LogP contribution in [0, 0.1) is 17.1 Å². The first-order chi connectivity index (χ1) is 18.8. The Morgan fingerprint density at radius 3 is 2.40 bits per heavy atom. The van der Waals surface area contributed by atoms with E-state index in [1.54, 1.807) is 18.2 Å². The van der Waals surface area contributed by atoms with Crippen LogP contribution in [0.5, 0.6) is 5.75 Å². The summed E-state index contributed by atoms with van der Waals surface area (Å²) in [5.74, 6) is -1.50. The second-order valence-corrected chi connectivity index (χ2v) is 10.7. The van der Waals surface area contributed by atoms with E-state index in [0.717, 1.165) is 30.0 Å². The predicted octanol–water partition coefficient (Wildman–Crippen LogP) is 5.06. The minimum absolute atomic E-state index is 0.0873. The number of hydrogen-bond donors (Lipinski definition) is 2. The molecule has 0 bridgehead atoms. The number of piperidine rings is 1. The van der Waals surface area contributed by atoms with Crippen molar-refractivity contribution in [3.8, 4) is 11.8 Å². The van der Waals surface area contributed by atoms with Crippen molar-refractivity contribution >= 4 is 38.9 Å². The monoisotopic (exact) mass is 597 g/mol. The number of pyridine rings is 1. The molecule has 0 atom stereocenters. The molecular formula is C25H20ClF4N5O4S. The molecule has 3 aromatic rings. The van der Waals surface area contributed by atoms with Crippen LogP contribution in [-0.2, 0) is 10.0 Å². The van der Waals surface area contributed by atoms with E-state index in [9.17, 15) is 36.0 Å². The van der Waals surface area contributed by atoms with E-state index in [2.05, 4.69) is 15.0 Å². The highest BCUT2D eigenvalue weighted by Gasteiger charge is 2.32. The second-order valence-electron chi connectivity index (χ2n) is 8.82. The number of nitriles is 1. The third kappa shape index (κ3) is 6.61. The molecule has 0 aliphatic carbocycles. The lowest BCUT2D eigenvalue weighted by molar-refractivity contribution is -0.274. The van der Waals surface area contributed by atoms with Crippen LogP contribution in [0.4, 0.5) is 28.9 Å². The SMILES string of the molecule is N#Cc1cc(OC(F)(F)F)ccc1Nc1c(C(=O)N2CCC(c3ccc(F)cc3)CC2)cnc(S(N)(=O)=O)c1Cl. The number of amides is 1. The number of rotatable bonds is 6. The molecule has 1 amide bonds. The number of halogens is 5. The molecule has 0 saturated carbocycles. The molecule has 9 nitrogen and oxygen atoms in total. The quantitative estimate of drug-likeness (QED) is 0.379. The van der Waals surface area contributed by atoms with Gasteiger partial charge < -0.3 is 15.0 Å². The maximum atomic E-state index is 13.5. The molecule has 3 N–H and O–H groups in total. The summed E-state index contributed by atoms with van der Waals surface area (Å²) < 4.78 is 79.1. The van der Waals surface area contributed by atoms with E-state index in [1.165, 1.54) is 17.0 Å². The summed E-state index contributed by atoms with van der Waals surface area (Å²) in [5, 5.41) is 16.1. The molecule has 1 aliphatic rings. The van der Waals surface area contributed by atoms with Crippen LogP contribution in [0.2, 0.25) is 5.02 Å². The maximum absolute atomic E-state index is 13.5. The average Bonchev–Trinajstić information content (AvgIpc) is 2.89. The Kier molecular flexibility index (Phi) is 8.20. The first-order valence-electron chi connectivity index (χ1n) is 11.6. The summed E-state index contributed by atoms with van der Waals surface area (Å²) in [7, 11) is -4.44. The molecular weight excluding hydrogens is 578 g/mol. The fourth-order valence-electron chi connectivity index (χ4n) is 4.33. The molecule has 4 rings (SSSR count). The molecule has 0 radical (unpaired) electrons. The Hall–Kier alpha value is -3.93. The molecule has 210 valence electrons. The van der Waals surface area contributed by atoms with Gasteiger partial charge in [0.1, 0.15) is 22.7 Å². The normalized spacial score (nSPS) is 14.5. The van der Waals surface area contributed by atoms with Gasteiger partial charge in [-0.15, -0.1) is 13.2 Å². The van der Waals surface area contributed by atoms with Gasteiger partial charge in [0, 0.05) is 25.4 Å². The topological polar surface area (TPSA) is 138 Å². The molecule has 2 aromatic carbocycles. The lowest BCUT2D eigenvalue weighted by Gasteiger charge is -2.33. The summed E-state index contributed by atoms with van der Waals surface area (Å²) in [4.78, 5) is 18.8. The van der Waals surface area contributed by atoms with Crippen molar-refractivity contribution in [2.75, 3.05) is 18.4 Å². The maximum Gasteiger partial charge on any atom is 0.573 e. The van der Waals surface area contributed by atoms with E-state index in [1.807, 2.05) is 0 Å². The molecule has 0 unspecified atom stereocenters. The summed E-state index contributed by atoms with van der Waals surface area (Å²) in [6.07, 6.45) is -2.90. The van der Waals surface area contributed by atoms with Crippen LogP contribution in [0.25, 0.3) is 0 Å². The zero-order valence-corrected chi connectivity index (χ0v) is 21.9. The van der Waals surface area contributed by atoms with Crippen LogP contribution in [0.15, 0.2) is 53.7 Å². The Balaban J connectivity index is 1.65. The van der Waals surface area contributed by atoms with Gasteiger partial charge in [0.15, 0.2) is 5.03 Å². The van der Waals surface area contributed by atoms with Gasteiger partial charge in [-0.1, -0.05) is 23.7 Å². The van der Waals surface area contributed by atoms with E-state index in [4.69, 9.17) is 16.7 Å². The summed E-state index contributed by atoms with van der Waals surface area (Å²) >= 11 is 6.32. The number of anilines is 2. The van der Waals surface area contributed by atoms with Crippen molar-refractivity contribution in [1.82, 2.24) is 9.88 Å². The van der Waals surface area contributed by atoms with Gasteiger partial charge in [-0.2, -0.15) is 5.26 Å². The Labute approximate surface area is 231 Å². The Bertz CT molecular complexity index is 1590. The number of alkyl halides is 3. The lowest BCUT2D eigenvalue weighted by atomic mass is 9.89. The first-order valence-corrected chi connectivity index (χ1v) is 13.5. The van der Waals surface area contributed by atoms with Crippen molar-refractivity contribution in [2.24, 2.45) is 5.14 Å². The summed E-state index contributed by atoms with van der Waals surface area (Å²) in [5.41, 5.74) is 0.115. The minimum Gasteiger partial charge on any atom is -0.406 e. The van der Waals surface area contributed by atoms with Gasteiger partial charge in [-0.25, -0.2) is 22.9 Å². The number of sulfonamides is 1. The Morgan fingerprint density at radius 2 is 1.82 bits per heavy atom. The van der Waals surface area contributed by atoms with E-state index < -0.39 is 38.1 Å². The molecule has 1 saturated heterocycles. The number of carbonyl (C=O) groups is 1. The highest BCUT2D eigenvalue weighted by molar-refractivity contribution is 7.89. The number of nitrogens with zero attached hydrogens (tertiary/aromatic N) is 3. The van der Waals surface area contributed by atoms with Crippen LogP contribution in [-0.4, -0.2) is 43.7 Å². The smallest absolute Gasteiger partial charge is 0.406 e. The minimum atomic E-state index is -5.00. The molecule has 1 aliphatic heterocycles. The lowest BCUT2D eigenvalue weighted by Crippen LogP contribution is -2.38. The number of nitrogens with one attached hydrogen (secondary N) is 1. The molecule has 1 aromatic heterocycles. The average molecular weight is 598 g/mol. The van der Waals surface area contributed by atoms with Gasteiger partial charge in [-0.05, 0) is 48.6 Å². The molecule has 15 heteroatoms. The third-order valence-electron chi connectivity index (χ3n) is 6.22. The zero-order chi connectivity index (χ0) is 29.2. The third-order valence-corrected chi connectivity index (χ3v) is 7.54. The van der Waals surface area contributed by atoms with Crippen molar-refractivity contribution in [1.29, 1.82) is 5.26 Å². The number of carbonyl (C=O) groups excluding carboxylic acids is 1. The van der Waals surface area contributed by atoms with Crippen molar-refractivity contribution in [3.05, 3.63) is 76.2 Å². The standard InChI is InChI=1S/C25H20ClF4N5O4S/c26-21-22(34-20-6-5-18(11-16(20)12-31)39-25(28,29)30)19(13-33-23(21)40(32,37)38)24(36)35-9-7-15(8-10-35)14-1-3-17(27)4-2-14/h1-6,11,13,15H,7-10H2,(H,33,34)(H2,32,37,38). The first kappa shape index (κ1) is 29.1. The van der Waals surface area contributed by atoms with Crippen LogP contribution < -0.4 is 15.2 Å². The van der Waals surface area contributed by atoms with Crippen LogP contribution in [0.1, 0.15) is 40.2 Å². The van der Waals surface area contributed by atoms with Crippen LogP contribution in [0.3, 0.4) is 0 Å². The Morgan fingerprint density at radius 1 is 1.18 bits per heavy atom. The largest absolute Gasteiger partial charge is 0.573 e. The van der Waals surface area contributed by atoms with Gasteiger partial charge in [0.25, 0.3) is 15.9 Å². The van der Waals surface area contributed by atoms with Crippen molar-refractivity contribution in [2.45, 2.75) is 30.1 Å². The molecule has 0 spiro atoms. The fourth-order valence-corrected chi connectivity index (χ4v) is 5.40. The second kappa shape index (κ2) is 11.3. The highest BCUT2D eigenvalue weighted by atomic mass is 35.5. The highest BCUT2D eigenvalue weighted by Crippen LogP contribution is 2.37. The van der Waals surface area contributed by atoms with Crippen molar-refractivity contribution in [3.63, 3.8) is 0 Å².